The molecule has 1 aliphatic carbocycles. The van der Waals surface area contributed by atoms with Gasteiger partial charge < -0.3 is 20.3 Å². The van der Waals surface area contributed by atoms with Crippen LogP contribution in [0.1, 0.15) is 25.7 Å². The molecule has 0 bridgehead atoms. The second-order valence-electron chi connectivity index (χ2n) is 5.20. The number of nitrogens with one attached hydrogen (secondary N) is 2. The predicted octanol–water partition coefficient (Wildman–Crippen LogP) is 1.81. The Bertz CT molecular complexity index is 420. The first-order chi connectivity index (χ1) is 9.76. The Morgan fingerprint density at radius 1 is 1.30 bits per heavy atom. The molecule has 0 amide bonds. The highest BCUT2D eigenvalue weighted by Crippen LogP contribution is 2.28. The normalized spacial score (nSPS) is 15.6. The van der Waals surface area contributed by atoms with Gasteiger partial charge in [0.25, 0.3) is 0 Å². The van der Waals surface area contributed by atoms with E-state index in [0.29, 0.717) is 11.6 Å². The summed E-state index contributed by atoms with van der Waals surface area (Å²) in [5.74, 6) is 2.11. The zero-order chi connectivity index (χ0) is 14.4. The Morgan fingerprint density at radius 3 is 2.65 bits per heavy atom. The number of likely N-dealkylation sites (N-methyl/N-ethyl adjacent to an activating group) is 1. The first-order valence-corrected chi connectivity index (χ1v) is 7.27. The average Bonchev–Trinajstić information content (AvgIpc) is 3.01. The molecule has 0 unspecified atom stereocenters. The predicted molar refractivity (Wildman–Crippen MR) is 81.5 cm³/mol. The third kappa shape index (κ3) is 3.50. The second kappa shape index (κ2) is 7.28. The SMILES string of the molecule is CNc1ncnc(NCCN(C)C2CCCC2)c1OC. The van der Waals surface area contributed by atoms with Crippen LogP contribution < -0.4 is 15.4 Å². The van der Waals surface area contributed by atoms with Gasteiger partial charge in [0.15, 0.2) is 11.6 Å². The largest absolute Gasteiger partial charge is 0.490 e. The molecule has 0 aromatic carbocycles. The molecule has 0 saturated heterocycles. The van der Waals surface area contributed by atoms with E-state index in [0.717, 1.165) is 24.9 Å². The number of anilines is 2. The van der Waals surface area contributed by atoms with Crippen molar-refractivity contribution in [2.75, 3.05) is 44.9 Å². The Morgan fingerprint density at radius 2 is 2.00 bits per heavy atom. The van der Waals surface area contributed by atoms with Crippen LogP contribution in [0.15, 0.2) is 6.33 Å². The van der Waals surface area contributed by atoms with Crippen molar-refractivity contribution < 1.29 is 4.74 Å². The topological polar surface area (TPSA) is 62.3 Å². The minimum atomic E-state index is 0.665. The van der Waals surface area contributed by atoms with Gasteiger partial charge in [-0.2, -0.15) is 0 Å². The smallest absolute Gasteiger partial charge is 0.204 e. The first kappa shape index (κ1) is 14.8. The molecule has 6 heteroatoms. The maximum atomic E-state index is 5.36. The molecule has 1 aliphatic rings. The minimum Gasteiger partial charge on any atom is -0.490 e. The molecule has 1 saturated carbocycles. The van der Waals surface area contributed by atoms with Crippen LogP contribution in [-0.4, -0.2) is 55.2 Å². The second-order valence-corrected chi connectivity index (χ2v) is 5.20. The van der Waals surface area contributed by atoms with E-state index < -0.39 is 0 Å². The third-order valence-electron chi connectivity index (χ3n) is 3.95. The van der Waals surface area contributed by atoms with Gasteiger partial charge in [0.2, 0.25) is 5.75 Å². The Hall–Kier alpha value is -1.56. The highest BCUT2D eigenvalue weighted by Gasteiger charge is 2.19. The standard InChI is InChI=1S/C14H25N5O/c1-15-13-12(20-3)14(18-10-17-13)16-8-9-19(2)11-6-4-5-7-11/h10-11H,4-9H2,1-3H3,(H2,15,16,17,18). The molecule has 2 rings (SSSR count). The van der Waals surface area contributed by atoms with Crippen LogP contribution in [0.5, 0.6) is 5.75 Å². The van der Waals surface area contributed by atoms with Crippen molar-refractivity contribution in [1.29, 1.82) is 0 Å². The summed E-state index contributed by atoms with van der Waals surface area (Å²) in [6.07, 6.45) is 6.94. The van der Waals surface area contributed by atoms with E-state index in [-0.39, 0.29) is 0 Å². The molecule has 112 valence electrons. The van der Waals surface area contributed by atoms with Crippen molar-refractivity contribution in [1.82, 2.24) is 14.9 Å². The molecule has 6 nitrogen and oxygen atoms in total. The Balaban J connectivity index is 1.87. The molecule has 20 heavy (non-hydrogen) atoms. The van der Waals surface area contributed by atoms with Crippen LogP contribution >= 0.6 is 0 Å². The van der Waals surface area contributed by atoms with E-state index in [9.17, 15) is 0 Å². The number of hydrogen-bond donors (Lipinski definition) is 2. The van der Waals surface area contributed by atoms with Crippen LogP contribution in [0.4, 0.5) is 11.6 Å². The minimum absolute atomic E-state index is 0.665. The molecular formula is C14H25N5O. The van der Waals surface area contributed by atoms with Crippen molar-refractivity contribution in [3.05, 3.63) is 6.33 Å². The highest BCUT2D eigenvalue weighted by molar-refractivity contribution is 5.63. The van der Waals surface area contributed by atoms with Crippen molar-refractivity contribution in [2.24, 2.45) is 0 Å². The van der Waals surface area contributed by atoms with Gasteiger partial charge in [0, 0.05) is 26.2 Å². The van der Waals surface area contributed by atoms with Crippen LogP contribution in [-0.2, 0) is 0 Å². The van der Waals surface area contributed by atoms with E-state index in [2.05, 4.69) is 32.5 Å². The number of aromatic nitrogens is 2. The lowest BCUT2D eigenvalue weighted by Gasteiger charge is -2.24. The number of ether oxygens (including phenoxy) is 1. The number of nitrogens with zero attached hydrogens (tertiary/aromatic N) is 3. The summed E-state index contributed by atoms with van der Waals surface area (Å²) in [5, 5.41) is 6.34. The molecule has 1 aromatic rings. The lowest BCUT2D eigenvalue weighted by Crippen LogP contribution is -2.33. The molecular weight excluding hydrogens is 254 g/mol. The Labute approximate surface area is 120 Å². The van der Waals surface area contributed by atoms with Gasteiger partial charge in [-0.1, -0.05) is 12.8 Å². The van der Waals surface area contributed by atoms with E-state index in [1.165, 1.54) is 32.0 Å². The summed E-state index contributed by atoms with van der Waals surface area (Å²) in [6.45, 7) is 1.86. The zero-order valence-corrected chi connectivity index (χ0v) is 12.6. The maximum absolute atomic E-state index is 5.36. The van der Waals surface area contributed by atoms with Crippen molar-refractivity contribution in [3.63, 3.8) is 0 Å². The molecule has 2 N–H and O–H groups in total. The molecule has 1 heterocycles. The third-order valence-corrected chi connectivity index (χ3v) is 3.95. The van der Waals surface area contributed by atoms with Crippen LogP contribution in [0, 0.1) is 0 Å². The van der Waals surface area contributed by atoms with Gasteiger partial charge in [-0.3, -0.25) is 0 Å². The van der Waals surface area contributed by atoms with Crippen LogP contribution in [0.3, 0.4) is 0 Å². The fraction of sp³-hybridized carbons (Fsp3) is 0.714. The van der Waals surface area contributed by atoms with Gasteiger partial charge in [-0.15, -0.1) is 0 Å². The number of methoxy groups -OCH3 is 1. The monoisotopic (exact) mass is 279 g/mol. The molecule has 0 aliphatic heterocycles. The fourth-order valence-electron chi connectivity index (χ4n) is 2.75. The first-order valence-electron chi connectivity index (χ1n) is 7.27. The lowest BCUT2D eigenvalue weighted by molar-refractivity contribution is 0.254. The van der Waals surface area contributed by atoms with Gasteiger partial charge in [-0.05, 0) is 19.9 Å². The molecule has 1 aromatic heterocycles. The van der Waals surface area contributed by atoms with E-state index >= 15 is 0 Å². The van der Waals surface area contributed by atoms with E-state index in [1.54, 1.807) is 7.11 Å². The van der Waals surface area contributed by atoms with Crippen molar-refractivity contribution in [2.45, 2.75) is 31.7 Å². The number of rotatable bonds is 7. The van der Waals surface area contributed by atoms with Gasteiger partial charge in [-0.25, -0.2) is 9.97 Å². The number of hydrogen-bond acceptors (Lipinski definition) is 6. The average molecular weight is 279 g/mol. The molecule has 0 atom stereocenters. The highest BCUT2D eigenvalue weighted by atomic mass is 16.5. The summed E-state index contributed by atoms with van der Waals surface area (Å²) in [6, 6.07) is 0.747. The zero-order valence-electron chi connectivity index (χ0n) is 12.6. The van der Waals surface area contributed by atoms with Gasteiger partial charge in [0.1, 0.15) is 6.33 Å². The van der Waals surface area contributed by atoms with Gasteiger partial charge in [0.05, 0.1) is 7.11 Å². The van der Waals surface area contributed by atoms with Crippen molar-refractivity contribution in [3.8, 4) is 5.75 Å². The summed E-state index contributed by atoms with van der Waals surface area (Å²) in [4.78, 5) is 10.8. The molecule has 0 spiro atoms. The summed E-state index contributed by atoms with van der Waals surface area (Å²) >= 11 is 0. The van der Waals surface area contributed by atoms with Gasteiger partial charge >= 0.3 is 0 Å². The lowest BCUT2D eigenvalue weighted by atomic mass is 10.2. The summed E-state index contributed by atoms with van der Waals surface area (Å²) < 4.78 is 5.36. The van der Waals surface area contributed by atoms with E-state index in [4.69, 9.17) is 4.74 Å². The Kier molecular flexibility index (Phi) is 5.40. The summed E-state index contributed by atoms with van der Waals surface area (Å²) in [5.41, 5.74) is 0. The van der Waals surface area contributed by atoms with Crippen LogP contribution in [0.2, 0.25) is 0 Å². The van der Waals surface area contributed by atoms with Crippen LogP contribution in [0.25, 0.3) is 0 Å². The quantitative estimate of drug-likeness (QED) is 0.794. The summed E-state index contributed by atoms with van der Waals surface area (Å²) in [7, 11) is 5.66. The van der Waals surface area contributed by atoms with E-state index in [1.807, 2.05) is 7.05 Å². The molecule has 1 fully saturated rings. The fourth-order valence-corrected chi connectivity index (χ4v) is 2.75. The maximum Gasteiger partial charge on any atom is 0.204 e. The van der Waals surface area contributed by atoms with Crippen molar-refractivity contribution >= 4 is 11.6 Å². The molecule has 0 radical (unpaired) electrons.